The molecule has 2 aromatic rings. The van der Waals surface area contributed by atoms with Crippen molar-refractivity contribution in [3.63, 3.8) is 0 Å². The molecule has 2 aromatic carbocycles. The third-order valence-corrected chi connectivity index (χ3v) is 7.09. The molecule has 0 fully saturated rings. The molecule has 0 spiro atoms. The van der Waals surface area contributed by atoms with Crippen molar-refractivity contribution >= 4 is 5.91 Å². The summed E-state index contributed by atoms with van der Waals surface area (Å²) in [6.07, 6.45) is 1.23. The van der Waals surface area contributed by atoms with Crippen LogP contribution in [0.5, 0.6) is 11.5 Å². The highest BCUT2D eigenvalue weighted by molar-refractivity contribution is 5.87. The van der Waals surface area contributed by atoms with E-state index in [1.54, 1.807) is 40.2 Å². The minimum atomic E-state index is -0.903. The molecule has 0 aliphatic carbocycles. The molecule has 0 aromatic heterocycles. The second-order valence-electron chi connectivity index (χ2n) is 10.7. The van der Waals surface area contributed by atoms with Crippen molar-refractivity contribution in [1.29, 1.82) is 0 Å². The molecule has 7 nitrogen and oxygen atoms in total. The molecule has 0 radical (unpaired) electrons. The number of hydrogen-bond acceptors (Lipinski definition) is 6. The van der Waals surface area contributed by atoms with Crippen LogP contribution < -0.4 is 20.5 Å². The smallest absolute Gasteiger partial charge is 0.230 e. The number of halogens is 1. The quantitative estimate of drug-likeness (QED) is 0.280. The van der Waals surface area contributed by atoms with Gasteiger partial charge in [0.05, 0.1) is 25.2 Å². The molecule has 0 aliphatic heterocycles. The summed E-state index contributed by atoms with van der Waals surface area (Å²) in [7, 11) is 3.28. The monoisotopic (exact) mass is 532 g/mol. The molecule has 38 heavy (non-hydrogen) atoms. The fourth-order valence-electron chi connectivity index (χ4n) is 4.31. The van der Waals surface area contributed by atoms with Crippen LogP contribution >= 0.6 is 0 Å². The number of ether oxygens (including phenoxy) is 3. The highest BCUT2D eigenvalue weighted by Crippen LogP contribution is 2.31. The van der Waals surface area contributed by atoms with Crippen LogP contribution in [0.1, 0.15) is 51.7 Å². The maximum Gasteiger partial charge on any atom is 0.230 e. The normalized spacial score (nSPS) is 14.2. The van der Waals surface area contributed by atoms with E-state index >= 15 is 0 Å². The minimum Gasteiger partial charge on any atom is -0.493 e. The maximum atomic E-state index is 13.3. The van der Waals surface area contributed by atoms with Crippen LogP contribution in [0.15, 0.2) is 42.5 Å². The summed E-state index contributed by atoms with van der Waals surface area (Å²) < 4.78 is 29.7. The van der Waals surface area contributed by atoms with E-state index in [-0.39, 0.29) is 24.2 Å². The van der Waals surface area contributed by atoms with Crippen molar-refractivity contribution in [1.82, 2.24) is 5.32 Å². The Morgan fingerprint density at radius 3 is 2.37 bits per heavy atom. The number of hydrogen-bond donors (Lipinski definition) is 3. The number of nitrogens with one attached hydrogen (secondary N) is 1. The molecule has 0 bridgehead atoms. The van der Waals surface area contributed by atoms with Gasteiger partial charge in [0, 0.05) is 32.7 Å². The van der Waals surface area contributed by atoms with Crippen LogP contribution in [0, 0.1) is 17.7 Å². The predicted octanol–water partition coefficient (Wildman–Crippen LogP) is 4.24. The van der Waals surface area contributed by atoms with Crippen LogP contribution in [0.3, 0.4) is 0 Å². The highest BCUT2D eigenvalue weighted by atomic mass is 19.1. The number of benzene rings is 2. The first kappa shape index (κ1) is 31.5. The van der Waals surface area contributed by atoms with E-state index in [9.17, 15) is 14.3 Å². The van der Waals surface area contributed by atoms with E-state index in [0.29, 0.717) is 42.6 Å². The lowest BCUT2D eigenvalue weighted by Crippen LogP contribution is -2.48. The van der Waals surface area contributed by atoms with Gasteiger partial charge in [-0.2, -0.15) is 0 Å². The number of aliphatic hydroxyl groups is 1. The van der Waals surface area contributed by atoms with Gasteiger partial charge in [0.2, 0.25) is 5.91 Å². The first-order valence-electron chi connectivity index (χ1n) is 13.3. The molecule has 212 valence electrons. The van der Waals surface area contributed by atoms with Gasteiger partial charge >= 0.3 is 0 Å². The molecule has 0 saturated carbocycles. The lowest BCUT2D eigenvalue weighted by Gasteiger charge is -2.29. The van der Waals surface area contributed by atoms with Crippen molar-refractivity contribution in [2.45, 2.75) is 64.5 Å². The molecule has 3 unspecified atom stereocenters. The summed E-state index contributed by atoms with van der Waals surface area (Å²) in [5, 5.41) is 13.6. The Balaban J connectivity index is 1.98. The Labute approximate surface area is 226 Å². The molecule has 1 amide bonds. The van der Waals surface area contributed by atoms with Crippen molar-refractivity contribution in [3.8, 4) is 11.5 Å². The topological polar surface area (TPSA) is 103 Å². The first-order chi connectivity index (χ1) is 18.0. The molecule has 8 heteroatoms. The maximum absolute atomic E-state index is 13.3. The van der Waals surface area contributed by atoms with E-state index in [1.165, 1.54) is 12.1 Å². The second kappa shape index (κ2) is 15.0. The highest BCUT2D eigenvalue weighted by Gasteiger charge is 2.31. The Morgan fingerprint density at radius 2 is 1.76 bits per heavy atom. The molecule has 2 rings (SSSR count). The van der Waals surface area contributed by atoms with Gasteiger partial charge in [-0.15, -0.1) is 0 Å². The van der Waals surface area contributed by atoms with Crippen molar-refractivity contribution in [3.05, 3.63) is 59.4 Å². The van der Waals surface area contributed by atoms with Crippen LogP contribution in [-0.4, -0.2) is 57.1 Å². The summed E-state index contributed by atoms with van der Waals surface area (Å²) in [6, 6.07) is 11.3. The summed E-state index contributed by atoms with van der Waals surface area (Å²) in [6.45, 7) is 9.01. The number of aliphatic hydroxyl groups excluding tert-OH is 1. The second-order valence-corrected chi connectivity index (χ2v) is 10.7. The van der Waals surface area contributed by atoms with Gasteiger partial charge in [-0.25, -0.2) is 4.39 Å². The average Bonchev–Trinajstić information content (AvgIpc) is 2.89. The zero-order chi connectivity index (χ0) is 28.3. The largest absolute Gasteiger partial charge is 0.493 e. The fraction of sp³-hybridized carbons (Fsp3) is 0.567. The Morgan fingerprint density at radius 1 is 1.08 bits per heavy atom. The predicted molar refractivity (Wildman–Crippen MR) is 148 cm³/mol. The number of amides is 1. The minimum absolute atomic E-state index is 0.0391. The summed E-state index contributed by atoms with van der Waals surface area (Å²) >= 11 is 0. The molecule has 0 saturated heterocycles. The number of rotatable bonds is 16. The fourth-order valence-corrected chi connectivity index (χ4v) is 4.31. The van der Waals surface area contributed by atoms with Gasteiger partial charge in [-0.05, 0) is 73.9 Å². The van der Waals surface area contributed by atoms with Gasteiger partial charge in [0.1, 0.15) is 5.82 Å². The van der Waals surface area contributed by atoms with Crippen LogP contribution in [0.4, 0.5) is 4.39 Å². The van der Waals surface area contributed by atoms with E-state index in [4.69, 9.17) is 19.9 Å². The molecular formula is C30H45FN2O5. The molecule has 0 heterocycles. The van der Waals surface area contributed by atoms with Gasteiger partial charge < -0.3 is 30.4 Å². The van der Waals surface area contributed by atoms with Gasteiger partial charge in [0.25, 0.3) is 0 Å². The number of methoxy groups -OCH3 is 2. The standard InChI is InChI=1S/C30H45FN2O5/c1-20(2)22(16-21-8-13-27(37-6)28(17-21)38-15-7-14-36-5)18-25(32)26(34)19-33-29(35)30(3,4)23-9-11-24(31)12-10-23/h8-13,17,20,22,25-26,34H,7,14-16,18-19,32H2,1-6H3,(H,33,35). The SMILES string of the molecule is COCCCOc1cc(CC(CC(N)C(O)CNC(=O)C(C)(C)c2ccc(F)cc2)C(C)C)ccc1OC. The van der Waals surface area contributed by atoms with Crippen LogP contribution in [0.2, 0.25) is 0 Å². The van der Waals surface area contributed by atoms with E-state index in [1.807, 2.05) is 18.2 Å². The van der Waals surface area contributed by atoms with E-state index in [0.717, 1.165) is 18.4 Å². The summed E-state index contributed by atoms with van der Waals surface area (Å²) in [5.74, 6) is 1.30. The van der Waals surface area contributed by atoms with Crippen molar-refractivity contribution < 1.29 is 28.5 Å². The Hall–Kier alpha value is -2.68. The molecular weight excluding hydrogens is 487 g/mol. The molecule has 3 atom stereocenters. The molecule has 4 N–H and O–H groups in total. The van der Waals surface area contributed by atoms with Crippen molar-refractivity contribution in [2.75, 3.05) is 34.0 Å². The zero-order valence-electron chi connectivity index (χ0n) is 23.6. The third kappa shape index (κ3) is 9.26. The van der Waals surface area contributed by atoms with Crippen molar-refractivity contribution in [2.24, 2.45) is 17.6 Å². The average molecular weight is 533 g/mol. The van der Waals surface area contributed by atoms with Crippen LogP contribution in [0.25, 0.3) is 0 Å². The first-order valence-corrected chi connectivity index (χ1v) is 13.3. The Bertz CT molecular complexity index is 997. The zero-order valence-corrected chi connectivity index (χ0v) is 23.6. The van der Waals surface area contributed by atoms with E-state index in [2.05, 4.69) is 19.2 Å². The summed E-state index contributed by atoms with van der Waals surface area (Å²) in [4.78, 5) is 12.9. The summed E-state index contributed by atoms with van der Waals surface area (Å²) in [5.41, 5.74) is 7.31. The lowest BCUT2D eigenvalue weighted by atomic mass is 9.82. The Kier molecular flexibility index (Phi) is 12.5. The lowest BCUT2D eigenvalue weighted by molar-refractivity contribution is -0.126. The van der Waals surface area contributed by atoms with Gasteiger partial charge in [-0.3, -0.25) is 4.79 Å². The molecule has 0 aliphatic rings. The van der Waals surface area contributed by atoms with Crippen LogP contribution in [-0.2, 0) is 21.4 Å². The van der Waals surface area contributed by atoms with Gasteiger partial charge in [0.15, 0.2) is 11.5 Å². The number of nitrogens with two attached hydrogens (primary N) is 1. The van der Waals surface area contributed by atoms with E-state index < -0.39 is 17.6 Å². The third-order valence-electron chi connectivity index (χ3n) is 7.09. The van der Waals surface area contributed by atoms with Gasteiger partial charge in [-0.1, -0.05) is 32.0 Å². The number of carbonyl (C=O) groups excluding carboxylic acids is 1. The number of carbonyl (C=O) groups is 1.